The average Bonchev–Trinajstić information content (AvgIpc) is 3.31. The highest BCUT2D eigenvalue weighted by molar-refractivity contribution is 5.91. The molecule has 0 spiro atoms. The van der Waals surface area contributed by atoms with Crippen molar-refractivity contribution in [1.29, 1.82) is 0 Å². The Morgan fingerprint density at radius 3 is 1.95 bits per heavy atom. The van der Waals surface area contributed by atoms with Crippen LogP contribution in [0.2, 0.25) is 0 Å². The second kappa shape index (κ2) is 23.3. The van der Waals surface area contributed by atoms with Gasteiger partial charge in [0.25, 0.3) is 0 Å². The molecular weight excluding hydrogens is 963 g/mol. The van der Waals surface area contributed by atoms with Crippen molar-refractivity contribution in [2.75, 3.05) is 19.8 Å². The predicted molar refractivity (Wildman–Crippen MR) is 260 cm³/mol. The van der Waals surface area contributed by atoms with Crippen molar-refractivity contribution in [2.24, 2.45) is 22.7 Å². The molecule has 1 aliphatic heterocycles. The number of nitrogens with one attached hydrogen (secondary N) is 1. The third-order valence-corrected chi connectivity index (χ3v) is 14.5. The Bertz CT molecular complexity index is 2460. The summed E-state index contributed by atoms with van der Waals surface area (Å²) in [5, 5.41) is 2.70. The van der Waals surface area contributed by atoms with Crippen molar-refractivity contribution in [2.45, 2.75) is 162 Å². The Morgan fingerprint density at radius 2 is 1.39 bits per heavy atom. The second-order valence-electron chi connectivity index (χ2n) is 21.3. The van der Waals surface area contributed by atoms with Gasteiger partial charge in [-0.3, -0.25) is 28.8 Å². The number of rotatable bonds is 18. The van der Waals surface area contributed by atoms with Crippen LogP contribution in [0.1, 0.15) is 136 Å². The molecule has 74 heavy (non-hydrogen) atoms. The van der Waals surface area contributed by atoms with Crippen LogP contribution in [0.25, 0.3) is 0 Å². The molecule has 1 saturated heterocycles. The molecule has 1 N–H and O–H groups in total. The number of fused-ring (bicyclic) bond motifs is 5. The normalized spacial score (nSPS) is 25.6. The first-order chi connectivity index (χ1) is 34.7. The molecule has 19 nitrogen and oxygen atoms in total. The molecule has 19 heteroatoms. The molecule has 2 aromatic rings. The predicted octanol–water partition coefficient (Wildman–Crippen LogP) is 6.96. The van der Waals surface area contributed by atoms with Crippen LogP contribution in [-0.2, 0) is 76.2 Å². The Morgan fingerprint density at radius 1 is 0.797 bits per heavy atom. The highest BCUT2D eigenvalue weighted by atomic mass is 16.6. The third-order valence-electron chi connectivity index (χ3n) is 14.5. The summed E-state index contributed by atoms with van der Waals surface area (Å²) in [6, 6.07) is 15.2. The molecule has 3 fully saturated rings. The van der Waals surface area contributed by atoms with Gasteiger partial charge in [-0.2, -0.15) is 0 Å². The number of carbonyl (C=O) groups is 9. The van der Waals surface area contributed by atoms with Gasteiger partial charge in [-0.15, -0.1) is 0 Å². The van der Waals surface area contributed by atoms with Gasteiger partial charge >= 0.3 is 47.9 Å². The van der Waals surface area contributed by atoms with Crippen molar-refractivity contribution in [3.05, 3.63) is 82.9 Å². The van der Waals surface area contributed by atoms with Crippen LogP contribution < -0.4 is 5.32 Å². The molecule has 2 unspecified atom stereocenters. The number of benzene rings is 2. The van der Waals surface area contributed by atoms with E-state index in [1.54, 1.807) is 88.4 Å². The minimum atomic E-state index is -1.88. The van der Waals surface area contributed by atoms with Crippen LogP contribution in [0.15, 0.2) is 71.8 Å². The molecule has 2 bridgehead atoms. The van der Waals surface area contributed by atoms with Gasteiger partial charge in [0.05, 0.1) is 18.1 Å². The minimum absolute atomic E-state index is 0.0252. The molecule has 0 aromatic heterocycles. The molecule has 1 heterocycles. The standard InChI is InChI=1S/C55H69NO18/c1-31-38-27-41(60)54(10)25-24-42-55(30-68-42,73-34(4)59)48(54)46(72-49(63)36-20-15-12-16-21-36)39(53(38,8)9)26-40(31)70-50(64)47(45(35-18-13-11-14-19-35)56-51(65)74-52(5,6)7)71-44(62)23-17-22-43(61)69-37(28-66-32(2)57)29-67-33(3)58/h11-16,18-21,37,39-40,42,45-48H,17,22-30H2,1-10H3,(H,56,65)/t39?,40-,42+,45-,46+,47?,48+,54-,55-/m0/s1. The van der Waals surface area contributed by atoms with Gasteiger partial charge in [0.2, 0.25) is 6.10 Å². The Kier molecular flexibility index (Phi) is 17.8. The average molecular weight is 1030 g/mol. The number of hydrogen-bond acceptors (Lipinski definition) is 18. The lowest BCUT2D eigenvalue weighted by atomic mass is 9.47. The maximum Gasteiger partial charge on any atom is 0.408 e. The molecule has 2 aromatic carbocycles. The number of alkyl carbamates (subject to hydrolysis) is 1. The van der Waals surface area contributed by atoms with Crippen LogP contribution in [0.5, 0.6) is 0 Å². The van der Waals surface area contributed by atoms with E-state index in [0.717, 1.165) is 13.8 Å². The van der Waals surface area contributed by atoms with Gasteiger partial charge in [0.1, 0.15) is 49.0 Å². The van der Waals surface area contributed by atoms with E-state index in [4.69, 9.17) is 42.6 Å². The van der Waals surface area contributed by atoms with E-state index >= 15 is 9.59 Å². The fourth-order valence-electron chi connectivity index (χ4n) is 10.9. The smallest absolute Gasteiger partial charge is 0.408 e. The summed E-state index contributed by atoms with van der Waals surface area (Å²) in [4.78, 5) is 121. The lowest BCUT2D eigenvalue weighted by Gasteiger charge is -2.64. The minimum Gasteiger partial charge on any atom is -0.462 e. The van der Waals surface area contributed by atoms with Gasteiger partial charge in [-0.25, -0.2) is 14.4 Å². The van der Waals surface area contributed by atoms with E-state index in [2.05, 4.69) is 5.32 Å². The van der Waals surface area contributed by atoms with Crippen molar-refractivity contribution < 1.29 is 85.8 Å². The Hall–Kier alpha value is -6.63. The number of Topliss-reactive ketones (excluding diaryl/α,β-unsaturated/α-hetero) is 1. The molecule has 2 saturated carbocycles. The number of ketones is 1. The van der Waals surface area contributed by atoms with E-state index in [0.29, 0.717) is 29.6 Å². The summed E-state index contributed by atoms with van der Waals surface area (Å²) in [7, 11) is 0. The highest BCUT2D eigenvalue weighted by Crippen LogP contribution is 2.63. The zero-order valence-corrected chi connectivity index (χ0v) is 43.8. The first-order valence-electron chi connectivity index (χ1n) is 25.0. The van der Waals surface area contributed by atoms with Gasteiger partial charge in [-0.05, 0) is 82.1 Å². The second-order valence-corrected chi connectivity index (χ2v) is 21.3. The van der Waals surface area contributed by atoms with E-state index in [9.17, 15) is 33.6 Å². The fourth-order valence-corrected chi connectivity index (χ4v) is 10.9. The molecule has 3 aliphatic carbocycles. The topological polar surface area (TPSA) is 249 Å². The van der Waals surface area contributed by atoms with Crippen molar-refractivity contribution in [3.8, 4) is 0 Å². The van der Waals surface area contributed by atoms with Gasteiger partial charge < -0.3 is 47.9 Å². The quantitative estimate of drug-likeness (QED) is 0.0900. The van der Waals surface area contributed by atoms with Gasteiger partial charge in [0, 0.05) is 51.4 Å². The maximum atomic E-state index is 15.1. The van der Waals surface area contributed by atoms with Crippen molar-refractivity contribution in [3.63, 3.8) is 0 Å². The number of hydrogen-bond donors (Lipinski definition) is 1. The van der Waals surface area contributed by atoms with Crippen molar-refractivity contribution in [1.82, 2.24) is 5.32 Å². The highest BCUT2D eigenvalue weighted by Gasteiger charge is 2.72. The molecule has 0 radical (unpaired) electrons. The summed E-state index contributed by atoms with van der Waals surface area (Å²) >= 11 is 0. The first kappa shape index (κ1) is 56.7. The number of ether oxygens (including phenoxy) is 9. The SMILES string of the molecule is CC(=O)OCC(COC(C)=O)OC(=O)CCCC(=O)OC(C(=O)O[C@H]1CC2[C@@H](OC(=O)c3ccccc3)[C@H]3[C@]4(OC(C)=O)CO[C@@H]4CC[C@@]3(C)C(=O)CC(=C1C)C2(C)C)[C@@H](NC(=O)OC(C)(C)C)c1ccccc1. The zero-order valence-electron chi connectivity index (χ0n) is 43.8. The van der Waals surface area contributed by atoms with E-state index < -0.39 is 125 Å². The third kappa shape index (κ3) is 13.2. The molecular formula is C55H69NO18. The van der Waals surface area contributed by atoms with Gasteiger partial charge in [0.15, 0.2) is 11.7 Å². The van der Waals surface area contributed by atoms with E-state index in [1.165, 1.54) is 6.92 Å². The Balaban J connectivity index is 1.36. The van der Waals surface area contributed by atoms with Crippen LogP contribution in [0.3, 0.4) is 0 Å². The number of amides is 1. The van der Waals surface area contributed by atoms with Gasteiger partial charge in [-0.1, -0.05) is 74.9 Å². The van der Waals surface area contributed by atoms with Crippen LogP contribution in [-0.4, -0.2) is 115 Å². The summed E-state index contributed by atoms with van der Waals surface area (Å²) in [6.07, 6.45) is -6.97. The molecule has 402 valence electrons. The monoisotopic (exact) mass is 1030 g/mol. The number of carbonyl (C=O) groups excluding carboxylic acids is 9. The van der Waals surface area contributed by atoms with Crippen molar-refractivity contribution >= 4 is 53.7 Å². The zero-order chi connectivity index (χ0) is 54.3. The lowest BCUT2D eigenvalue weighted by molar-refractivity contribution is -0.319. The van der Waals surface area contributed by atoms with E-state index in [-0.39, 0.29) is 56.9 Å². The summed E-state index contributed by atoms with van der Waals surface area (Å²) < 4.78 is 52.2. The first-order valence-corrected chi connectivity index (χ1v) is 25.0. The molecule has 1 amide bonds. The molecule has 9 atom stereocenters. The maximum absolute atomic E-state index is 15.1. The number of esters is 7. The Labute approximate surface area is 430 Å². The van der Waals surface area contributed by atoms with Crippen LogP contribution >= 0.6 is 0 Å². The fraction of sp³-hybridized carbons (Fsp3) is 0.582. The summed E-state index contributed by atoms with van der Waals surface area (Å²) in [5.41, 5.74) is -2.59. The lowest BCUT2D eigenvalue weighted by Crippen LogP contribution is -2.75. The van der Waals surface area contributed by atoms with Crippen LogP contribution in [0.4, 0.5) is 4.79 Å². The van der Waals surface area contributed by atoms with E-state index in [1.807, 2.05) is 20.8 Å². The van der Waals surface area contributed by atoms with Crippen LogP contribution in [0, 0.1) is 22.7 Å². The molecule has 6 rings (SSSR count). The summed E-state index contributed by atoms with van der Waals surface area (Å²) in [6.45, 7) is 15.2. The molecule has 4 aliphatic rings. The number of allylic oxidation sites excluding steroid dienone is 1. The largest absolute Gasteiger partial charge is 0.462 e. The summed E-state index contributed by atoms with van der Waals surface area (Å²) in [5.74, 6) is -7.20.